The average molecular weight is 267 g/mol. The molecule has 0 amide bonds. The van der Waals surface area contributed by atoms with Crippen molar-refractivity contribution < 1.29 is 14.4 Å². The minimum atomic E-state index is -0.969. The number of rotatable bonds is 4. The van der Waals surface area contributed by atoms with Crippen LogP contribution in [-0.4, -0.2) is 21.2 Å². The largest absolute Gasteiger partial charge is 0.481 e. The molecular formula is C12H11ClN2O3. The van der Waals surface area contributed by atoms with Gasteiger partial charge in [0.05, 0.1) is 0 Å². The number of hydrogen-bond donors (Lipinski definition) is 1. The van der Waals surface area contributed by atoms with Gasteiger partial charge in [-0.05, 0) is 30.7 Å². The number of carbonyl (C=O) groups is 1. The molecule has 0 saturated heterocycles. The summed E-state index contributed by atoms with van der Waals surface area (Å²) in [5.74, 6) is -1.25. The maximum Gasteiger partial charge on any atom is 0.316 e. The van der Waals surface area contributed by atoms with Gasteiger partial charge in [0.25, 0.3) is 0 Å². The second kappa shape index (κ2) is 5.18. The monoisotopic (exact) mass is 266 g/mol. The maximum atomic E-state index is 11.0. The highest BCUT2D eigenvalue weighted by Crippen LogP contribution is 2.23. The summed E-state index contributed by atoms with van der Waals surface area (Å²) >= 11 is 5.78. The lowest BCUT2D eigenvalue weighted by Crippen LogP contribution is -2.10. The molecular weight excluding hydrogens is 256 g/mol. The number of halogens is 1. The number of hydrogen-bond acceptors (Lipinski definition) is 4. The van der Waals surface area contributed by atoms with E-state index in [0.717, 1.165) is 5.56 Å². The van der Waals surface area contributed by atoms with E-state index in [2.05, 4.69) is 10.1 Å². The molecule has 6 heteroatoms. The summed E-state index contributed by atoms with van der Waals surface area (Å²) in [5.41, 5.74) is 0.731. The molecule has 5 nitrogen and oxygen atoms in total. The highest BCUT2D eigenvalue weighted by molar-refractivity contribution is 6.30. The first-order chi connectivity index (χ1) is 8.61. The summed E-state index contributed by atoms with van der Waals surface area (Å²) in [6, 6.07) is 6.92. The van der Waals surface area contributed by atoms with Crippen LogP contribution in [0, 0.1) is 0 Å². The zero-order valence-corrected chi connectivity index (χ0v) is 10.4. The van der Waals surface area contributed by atoms with E-state index >= 15 is 0 Å². The summed E-state index contributed by atoms with van der Waals surface area (Å²) in [4.78, 5) is 15.1. The van der Waals surface area contributed by atoms with Gasteiger partial charge in [-0.1, -0.05) is 23.7 Å². The Bertz CT molecular complexity index is 551. The average Bonchev–Trinajstić information content (AvgIpc) is 2.80. The van der Waals surface area contributed by atoms with Gasteiger partial charge in [-0.2, -0.15) is 4.98 Å². The van der Waals surface area contributed by atoms with Crippen LogP contribution in [0.1, 0.15) is 25.2 Å². The lowest BCUT2D eigenvalue weighted by atomic mass is 10.1. The Kier molecular flexibility index (Phi) is 3.62. The molecule has 2 rings (SSSR count). The van der Waals surface area contributed by atoms with Crippen LogP contribution in [0.25, 0.3) is 11.4 Å². The minimum absolute atomic E-state index is 0.120. The zero-order valence-electron chi connectivity index (χ0n) is 9.63. The highest BCUT2D eigenvalue weighted by Gasteiger charge is 2.24. The number of nitrogens with zero attached hydrogens (tertiary/aromatic N) is 2. The van der Waals surface area contributed by atoms with Crippen LogP contribution in [-0.2, 0) is 4.79 Å². The van der Waals surface area contributed by atoms with E-state index in [1.807, 2.05) is 0 Å². The van der Waals surface area contributed by atoms with Crippen LogP contribution in [0.4, 0.5) is 0 Å². The Hall–Kier alpha value is -1.88. The van der Waals surface area contributed by atoms with E-state index in [0.29, 0.717) is 17.3 Å². The number of aliphatic carboxylic acids is 1. The normalized spacial score (nSPS) is 12.3. The van der Waals surface area contributed by atoms with Crippen LogP contribution < -0.4 is 0 Å². The quantitative estimate of drug-likeness (QED) is 0.921. The van der Waals surface area contributed by atoms with Crippen LogP contribution in [0.3, 0.4) is 0 Å². The smallest absolute Gasteiger partial charge is 0.316 e. The summed E-state index contributed by atoms with van der Waals surface area (Å²) in [7, 11) is 0. The topological polar surface area (TPSA) is 76.2 Å². The van der Waals surface area contributed by atoms with E-state index in [9.17, 15) is 4.79 Å². The lowest BCUT2D eigenvalue weighted by Gasteiger charge is -2.01. The van der Waals surface area contributed by atoms with Gasteiger partial charge in [0.2, 0.25) is 11.7 Å². The van der Waals surface area contributed by atoms with Crippen molar-refractivity contribution in [2.45, 2.75) is 19.3 Å². The van der Waals surface area contributed by atoms with Gasteiger partial charge >= 0.3 is 5.97 Å². The molecule has 94 valence electrons. The number of carboxylic acid groups (broad SMARTS) is 1. The number of benzene rings is 1. The standard InChI is InChI=1S/C12H11ClN2O3/c1-2-9(12(16)17)11-14-10(15-18-11)7-3-5-8(13)6-4-7/h3-6,9H,2H2,1H3,(H,16,17)/t9-/m1/s1. The molecule has 1 aromatic heterocycles. The Morgan fingerprint density at radius 2 is 2.11 bits per heavy atom. The minimum Gasteiger partial charge on any atom is -0.481 e. The van der Waals surface area contributed by atoms with Gasteiger partial charge in [0.1, 0.15) is 5.92 Å². The highest BCUT2D eigenvalue weighted by atomic mass is 35.5. The van der Waals surface area contributed by atoms with E-state index < -0.39 is 11.9 Å². The van der Waals surface area contributed by atoms with E-state index in [4.69, 9.17) is 21.2 Å². The fourth-order valence-corrected chi connectivity index (χ4v) is 1.67. The van der Waals surface area contributed by atoms with Gasteiger partial charge in [-0.15, -0.1) is 0 Å². The Balaban J connectivity index is 2.30. The van der Waals surface area contributed by atoms with Gasteiger partial charge in [-0.3, -0.25) is 4.79 Å². The molecule has 1 aromatic carbocycles. The van der Waals surface area contributed by atoms with Gasteiger partial charge in [-0.25, -0.2) is 0 Å². The van der Waals surface area contributed by atoms with Gasteiger partial charge in [0.15, 0.2) is 0 Å². The van der Waals surface area contributed by atoms with Crippen molar-refractivity contribution in [3.8, 4) is 11.4 Å². The molecule has 0 saturated carbocycles. The maximum absolute atomic E-state index is 11.0. The Morgan fingerprint density at radius 3 is 2.67 bits per heavy atom. The molecule has 2 aromatic rings. The SMILES string of the molecule is CC[C@@H](C(=O)O)c1nc(-c2ccc(Cl)cc2)no1. The first-order valence-electron chi connectivity index (χ1n) is 5.44. The third-order valence-electron chi connectivity index (χ3n) is 2.55. The molecule has 0 aliphatic heterocycles. The lowest BCUT2D eigenvalue weighted by molar-refractivity contribution is -0.139. The van der Waals surface area contributed by atoms with Crippen LogP contribution in [0.15, 0.2) is 28.8 Å². The predicted molar refractivity (Wildman–Crippen MR) is 65.4 cm³/mol. The van der Waals surface area contributed by atoms with Crippen LogP contribution in [0.2, 0.25) is 5.02 Å². The molecule has 1 atom stereocenters. The van der Waals surface area contributed by atoms with Gasteiger partial charge in [0, 0.05) is 10.6 Å². The third-order valence-corrected chi connectivity index (χ3v) is 2.80. The van der Waals surface area contributed by atoms with Crippen molar-refractivity contribution in [2.75, 3.05) is 0 Å². The zero-order chi connectivity index (χ0) is 13.1. The molecule has 0 fully saturated rings. The van der Waals surface area contributed by atoms with Crippen molar-refractivity contribution in [3.63, 3.8) is 0 Å². The molecule has 1 heterocycles. The molecule has 0 radical (unpaired) electrons. The Labute approximate surface area is 108 Å². The fourth-order valence-electron chi connectivity index (χ4n) is 1.55. The van der Waals surface area contributed by atoms with Crippen LogP contribution in [0.5, 0.6) is 0 Å². The first kappa shape index (κ1) is 12.6. The van der Waals surface area contributed by atoms with Crippen LogP contribution >= 0.6 is 11.6 Å². The second-order valence-electron chi connectivity index (χ2n) is 3.76. The number of carboxylic acids is 1. The van der Waals surface area contributed by atoms with Crippen molar-refractivity contribution in [2.24, 2.45) is 0 Å². The summed E-state index contributed by atoms with van der Waals surface area (Å²) in [6.45, 7) is 1.75. The molecule has 0 unspecified atom stereocenters. The molecule has 0 aliphatic rings. The fraction of sp³-hybridized carbons (Fsp3) is 0.250. The van der Waals surface area contributed by atoms with E-state index in [-0.39, 0.29) is 5.89 Å². The molecule has 18 heavy (non-hydrogen) atoms. The molecule has 0 bridgehead atoms. The van der Waals surface area contributed by atoms with E-state index in [1.54, 1.807) is 31.2 Å². The van der Waals surface area contributed by atoms with Crippen molar-refractivity contribution >= 4 is 17.6 Å². The molecule has 1 N–H and O–H groups in total. The molecule has 0 spiro atoms. The van der Waals surface area contributed by atoms with Crippen molar-refractivity contribution in [1.29, 1.82) is 0 Å². The van der Waals surface area contributed by atoms with Crippen molar-refractivity contribution in [1.82, 2.24) is 10.1 Å². The predicted octanol–water partition coefficient (Wildman–Crippen LogP) is 2.97. The summed E-state index contributed by atoms with van der Waals surface area (Å²) in [6.07, 6.45) is 0.400. The van der Waals surface area contributed by atoms with E-state index in [1.165, 1.54) is 0 Å². The van der Waals surface area contributed by atoms with Gasteiger partial charge < -0.3 is 9.63 Å². The number of aromatic nitrogens is 2. The summed E-state index contributed by atoms with van der Waals surface area (Å²) < 4.78 is 4.99. The third kappa shape index (κ3) is 2.51. The Morgan fingerprint density at radius 1 is 1.44 bits per heavy atom. The summed E-state index contributed by atoms with van der Waals surface area (Å²) in [5, 5.41) is 13.4. The van der Waals surface area contributed by atoms with Crippen molar-refractivity contribution in [3.05, 3.63) is 35.2 Å². The first-order valence-corrected chi connectivity index (χ1v) is 5.82. The second-order valence-corrected chi connectivity index (χ2v) is 4.20. The molecule has 0 aliphatic carbocycles.